The van der Waals surface area contributed by atoms with Gasteiger partial charge >= 0.3 is 0 Å². The Bertz CT molecular complexity index is 4570. The zero-order chi connectivity index (χ0) is 69.6. The largest absolute Gasteiger partial charge is 0.473 e. The molecule has 0 aromatic heterocycles. The van der Waals surface area contributed by atoms with Crippen molar-refractivity contribution < 1.29 is 103 Å². The van der Waals surface area contributed by atoms with E-state index in [1.54, 1.807) is 32.9 Å². The van der Waals surface area contributed by atoms with E-state index in [1.165, 1.54) is 70.5 Å². The van der Waals surface area contributed by atoms with Gasteiger partial charge in [-0.25, -0.2) is 79.0 Å². The predicted octanol–water partition coefficient (Wildman–Crippen LogP) is 17.7. The molecule has 5 heterocycles. The number of halogens is 18. The van der Waals surface area contributed by atoms with Gasteiger partial charge in [0.1, 0.15) is 69.3 Å². The SMILES string of the molecule is Fc1cc(F)c(N2COc3ccc(F)cc3C2)c(F)c1.Fc1ccc(N2COc3cc(F)c(F)cc3C2)c(F)c1.Fc1ccc(N2COc3cc(F)c(F)cc3C2)cc1.Fc1ccc(N2COc3cc(F)c(F)cc3C2)cc1F.Fc1ccc2c(c1)CN(c1ccc(F)c(F)c1)CO2. The summed E-state index contributed by atoms with van der Waals surface area (Å²) in [5.74, 6) is -13.2. The van der Waals surface area contributed by atoms with Crippen LogP contribution in [0, 0.1) is 105 Å². The van der Waals surface area contributed by atoms with Gasteiger partial charge in [-0.2, -0.15) is 0 Å². The van der Waals surface area contributed by atoms with Gasteiger partial charge in [-0.3, -0.25) is 0 Å². The maximum Gasteiger partial charge on any atom is 0.162 e. The van der Waals surface area contributed by atoms with E-state index in [1.807, 2.05) is 0 Å². The standard InChI is InChI=1S/3C14H9F4NO.2C14H10F3NO/c15-9-1-2-13(12(18)4-9)19-6-8-3-10(16)11(17)5-14(8)20-7-19;15-10-2-1-9(4-12(10)17)19-6-8-3-11(16)13(18)5-14(8)20-7-19;15-9-1-2-13-8(3-9)6-19(7-20-13)14-11(17)4-10(16)5-12(14)18;15-10-1-4-14-9(5-10)7-18(8-19-14)11-2-3-12(16)13(17)6-11;15-10-1-3-11(4-2-10)18-7-9-5-12(16)13(17)6-14(9)19-8-18/h3*1-5H,6-7H2;2*1-6H,7-8H2. The van der Waals surface area contributed by atoms with E-state index in [4.69, 9.17) is 23.7 Å². The van der Waals surface area contributed by atoms with Gasteiger partial charge in [0.25, 0.3) is 0 Å². The quantitative estimate of drug-likeness (QED) is 0.156. The monoisotopic (exact) mass is 1380 g/mol. The van der Waals surface area contributed by atoms with Crippen molar-refractivity contribution in [3.05, 3.63) is 296 Å². The van der Waals surface area contributed by atoms with Crippen LogP contribution in [0.25, 0.3) is 0 Å². The summed E-state index contributed by atoms with van der Waals surface area (Å²) < 4.78 is 264. The minimum Gasteiger partial charge on any atom is -0.473 e. The molecule has 10 aromatic carbocycles. The third-order valence-electron chi connectivity index (χ3n) is 15.3. The minimum absolute atomic E-state index is 0.0272. The summed E-state index contributed by atoms with van der Waals surface area (Å²) in [6.45, 7) is 1.56. The van der Waals surface area contributed by atoms with Gasteiger partial charge in [0, 0.05) is 113 Å². The summed E-state index contributed by atoms with van der Waals surface area (Å²) in [6, 6.07) is 31.7. The topological polar surface area (TPSA) is 62.3 Å². The van der Waals surface area contributed by atoms with Gasteiger partial charge < -0.3 is 48.2 Å². The number of fused-ring (bicyclic) bond motifs is 5. The Labute approximate surface area is 545 Å². The number of benzene rings is 10. The van der Waals surface area contributed by atoms with Gasteiger partial charge in [-0.1, -0.05) is 0 Å². The first-order valence-electron chi connectivity index (χ1n) is 29.0. The maximum absolute atomic E-state index is 13.7. The Kier molecular flexibility index (Phi) is 20.6. The lowest BCUT2D eigenvalue weighted by Crippen LogP contribution is -2.33. The first-order chi connectivity index (χ1) is 46.9. The molecule has 0 fully saturated rings. The molecular formula is C70H47F18N5O5. The summed E-state index contributed by atoms with van der Waals surface area (Å²) in [5.41, 5.74) is 3.97. The zero-order valence-electron chi connectivity index (χ0n) is 50.2. The molecule has 0 bridgehead atoms. The third-order valence-corrected chi connectivity index (χ3v) is 15.3. The van der Waals surface area contributed by atoms with Crippen LogP contribution in [-0.2, 0) is 32.7 Å². The second-order valence-corrected chi connectivity index (χ2v) is 22.0. The van der Waals surface area contributed by atoms with Crippen LogP contribution in [0.3, 0.4) is 0 Å². The van der Waals surface area contributed by atoms with Crippen molar-refractivity contribution in [1.82, 2.24) is 0 Å². The second-order valence-electron chi connectivity index (χ2n) is 22.0. The van der Waals surface area contributed by atoms with E-state index in [-0.39, 0.29) is 87.8 Å². The van der Waals surface area contributed by atoms with Gasteiger partial charge in [-0.15, -0.1) is 0 Å². The van der Waals surface area contributed by atoms with E-state index >= 15 is 0 Å². The molecule has 0 amide bonds. The lowest BCUT2D eigenvalue weighted by molar-refractivity contribution is 0.284. The molecule has 28 heteroatoms. The van der Waals surface area contributed by atoms with Crippen LogP contribution >= 0.6 is 0 Å². The van der Waals surface area contributed by atoms with Crippen molar-refractivity contribution >= 4 is 28.4 Å². The molecule has 10 nitrogen and oxygen atoms in total. The molecule has 0 saturated heterocycles. The first-order valence-corrected chi connectivity index (χ1v) is 29.0. The van der Waals surface area contributed by atoms with E-state index in [0.29, 0.717) is 81.7 Å². The highest BCUT2D eigenvalue weighted by Gasteiger charge is 2.28. The van der Waals surface area contributed by atoms with E-state index < -0.39 is 93.1 Å². The van der Waals surface area contributed by atoms with Crippen molar-refractivity contribution in [1.29, 1.82) is 0 Å². The first kappa shape index (κ1) is 68.3. The molecule has 5 aliphatic heterocycles. The molecule has 0 aliphatic carbocycles. The van der Waals surface area contributed by atoms with Gasteiger partial charge in [-0.05, 0) is 115 Å². The number of rotatable bonds is 5. The Morgan fingerprint density at radius 2 is 0.510 bits per heavy atom. The van der Waals surface area contributed by atoms with Crippen LogP contribution in [0.4, 0.5) is 107 Å². The molecule has 5 aliphatic rings. The fourth-order valence-electron chi connectivity index (χ4n) is 10.5. The minimum atomic E-state index is -1.02. The number of nitrogens with zero attached hydrogens (tertiary/aromatic N) is 5. The molecule has 15 rings (SSSR count). The van der Waals surface area contributed by atoms with Crippen LogP contribution in [0.15, 0.2) is 164 Å². The van der Waals surface area contributed by atoms with Crippen LogP contribution in [-0.4, -0.2) is 33.7 Å². The molecule has 10 aromatic rings. The van der Waals surface area contributed by atoms with Crippen molar-refractivity contribution in [2.24, 2.45) is 0 Å². The van der Waals surface area contributed by atoms with Crippen LogP contribution in [0.2, 0.25) is 0 Å². The van der Waals surface area contributed by atoms with Crippen molar-refractivity contribution in [2.75, 3.05) is 58.2 Å². The van der Waals surface area contributed by atoms with Crippen LogP contribution < -0.4 is 48.2 Å². The van der Waals surface area contributed by atoms with Crippen molar-refractivity contribution in [2.45, 2.75) is 32.7 Å². The van der Waals surface area contributed by atoms with Crippen molar-refractivity contribution in [3.8, 4) is 28.7 Å². The molecule has 0 spiro atoms. The highest BCUT2D eigenvalue weighted by Crippen LogP contribution is 2.37. The average Bonchev–Trinajstić information content (AvgIpc) is 0.824. The number of anilines is 5. The third kappa shape index (κ3) is 16.1. The molecule has 0 unspecified atom stereocenters. The van der Waals surface area contributed by atoms with E-state index in [0.717, 1.165) is 78.5 Å². The Morgan fingerprint density at radius 3 is 0.939 bits per heavy atom. The Morgan fingerprint density at radius 1 is 0.204 bits per heavy atom. The van der Waals surface area contributed by atoms with E-state index in [2.05, 4.69) is 0 Å². The van der Waals surface area contributed by atoms with Crippen LogP contribution in [0.5, 0.6) is 28.7 Å². The molecule has 0 atom stereocenters. The second kappa shape index (κ2) is 29.5. The summed E-state index contributed by atoms with van der Waals surface area (Å²) in [6.07, 6.45) is 0. The molecule has 0 radical (unpaired) electrons. The fraction of sp³-hybridized carbons (Fsp3) is 0.143. The van der Waals surface area contributed by atoms with Crippen molar-refractivity contribution in [3.63, 3.8) is 0 Å². The van der Waals surface area contributed by atoms with Crippen LogP contribution in [0.1, 0.15) is 27.8 Å². The van der Waals surface area contributed by atoms with Gasteiger partial charge in [0.05, 0.1) is 18.8 Å². The summed E-state index contributed by atoms with van der Waals surface area (Å²) in [5, 5.41) is 0. The number of hydrogen-bond donors (Lipinski definition) is 0. The highest BCUT2D eigenvalue weighted by molar-refractivity contribution is 5.56. The number of hydrogen-bond acceptors (Lipinski definition) is 10. The molecular weight excluding hydrogens is 1330 g/mol. The Hall–Kier alpha value is -11.1. The lowest BCUT2D eigenvalue weighted by Gasteiger charge is -2.31. The maximum atomic E-state index is 13.7. The molecule has 508 valence electrons. The highest BCUT2D eigenvalue weighted by atomic mass is 19.2. The fourth-order valence-corrected chi connectivity index (χ4v) is 10.5. The normalized spacial score (nSPS) is 13.9. The summed E-state index contributed by atoms with van der Waals surface area (Å²) in [7, 11) is 0. The summed E-state index contributed by atoms with van der Waals surface area (Å²) in [4.78, 5) is 7.80. The zero-order valence-corrected chi connectivity index (χ0v) is 50.2. The average molecular weight is 1380 g/mol. The smallest absolute Gasteiger partial charge is 0.162 e. The van der Waals surface area contributed by atoms with Gasteiger partial charge in [0.2, 0.25) is 0 Å². The molecule has 0 N–H and O–H groups in total. The van der Waals surface area contributed by atoms with Gasteiger partial charge in [0.15, 0.2) is 103 Å². The molecule has 0 saturated carbocycles. The molecule has 98 heavy (non-hydrogen) atoms. The predicted molar refractivity (Wildman–Crippen MR) is 322 cm³/mol. The van der Waals surface area contributed by atoms with E-state index in [9.17, 15) is 79.0 Å². The Balaban J connectivity index is 0.000000124. The summed E-state index contributed by atoms with van der Waals surface area (Å²) >= 11 is 0. The number of ether oxygens (including phenoxy) is 5. The lowest BCUT2D eigenvalue weighted by atomic mass is 10.1.